The summed E-state index contributed by atoms with van der Waals surface area (Å²) in [6.45, 7) is 12.1. The molecule has 0 unspecified atom stereocenters. The quantitative estimate of drug-likeness (QED) is 0.428. The molecule has 0 bridgehead atoms. The van der Waals surface area contributed by atoms with Gasteiger partial charge in [0.1, 0.15) is 6.10 Å². The lowest BCUT2D eigenvalue weighted by Crippen LogP contribution is -2.59. The molecule has 1 saturated heterocycles. The molecule has 0 aliphatic carbocycles. The number of aliphatic hydroxyl groups excluding tert-OH is 1. The predicted molar refractivity (Wildman–Crippen MR) is 139 cm³/mol. The summed E-state index contributed by atoms with van der Waals surface area (Å²) < 4.78 is 31.4. The van der Waals surface area contributed by atoms with E-state index in [0.717, 1.165) is 11.1 Å². The van der Waals surface area contributed by atoms with E-state index >= 15 is 0 Å². The Morgan fingerprint density at radius 2 is 1.37 bits per heavy atom. The van der Waals surface area contributed by atoms with Crippen molar-refractivity contribution in [3.05, 3.63) is 71.8 Å². The van der Waals surface area contributed by atoms with Crippen LogP contribution in [0.2, 0.25) is 18.1 Å². The smallest absolute Gasteiger partial charge is 0.192 e. The second-order valence-corrected chi connectivity index (χ2v) is 15.5. The summed E-state index contributed by atoms with van der Waals surface area (Å²) in [5, 5.41) is 10.6. The molecule has 1 heterocycles. The maximum absolute atomic E-state index is 10.5. The molecule has 0 radical (unpaired) electrons. The summed E-state index contributed by atoms with van der Waals surface area (Å²) in [4.78, 5) is 0. The lowest BCUT2D eigenvalue weighted by atomic mass is 9.89. The molecule has 0 aromatic heterocycles. The fourth-order valence-electron chi connectivity index (χ4n) is 3.97. The van der Waals surface area contributed by atoms with E-state index in [1.165, 1.54) is 0 Å². The third-order valence-corrected chi connectivity index (χ3v) is 11.7. The van der Waals surface area contributed by atoms with Crippen LogP contribution in [-0.2, 0) is 36.6 Å². The molecule has 1 fully saturated rings. The molecule has 0 spiro atoms. The lowest BCUT2D eigenvalue weighted by molar-refractivity contribution is -0.306. The van der Waals surface area contributed by atoms with Gasteiger partial charge in [0.2, 0.25) is 0 Å². The van der Waals surface area contributed by atoms with Crippen molar-refractivity contribution in [2.24, 2.45) is 5.92 Å². The number of hydrogen-bond acceptors (Lipinski definition) is 6. The van der Waals surface area contributed by atoms with Crippen molar-refractivity contribution in [1.29, 1.82) is 0 Å². The van der Waals surface area contributed by atoms with E-state index in [1.807, 2.05) is 60.7 Å². The second-order valence-electron chi connectivity index (χ2n) is 10.7. The van der Waals surface area contributed by atoms with Crippen LogP contribution in [0, 0.1) is 5.92 Å². The molecule has 7 heteroatoms. The highest BCUT2D eigenvalue weighted by atomic mass is 28.4. The zero-order valence-corrected chi connectivity index (χ0v) is 23.0. The molecule has 0 amide bonds. The van der Waals surface area contributed by atoms with E-state index in [0.29, 0.717) is 19.8 Å². The van der Waals surface area contributed by atoms with Gasteiger partial charge in [-0.25, -0.2) is 0 Å². The average molecular weight is 503 g/mol. The lowest BCUT2D eigenvalue weighted by Gasteiger charge is -2.46. The van der Waals surface area contributed by atoms with Gasteiger partial charge in [-0.15, -0.1) is 0 Å². The van der Waals surface area contributed by atoms with Gasteiger partial charge in [0, 0.05) is 13.0 Å². The van der Waals surface area contributed by atoms with Crippen LogP contribution in [-0.4, -0.2) is 58.3 Å². The molecule has 6 nitrogen and oxygen atoms in total. The van der Waals surface area contributed by atoms with E-state index in [-0.39, 0.29) is 23.7 Å². The Hall–Kier alpha value is -1.58. The van der Waals surface area contributed by atoms with Gasteiger partial charge in [-0.05, 0) is 29.3 Å². The van der Waals surface area contributed by atoms with E-state index in [2.05, 4.69) is 33.9 Å². The van der Waals surface area contributed by atoms with Gasteiger partial charge in [0.05, 0.1) is 38.6 Å². The van der Waals surface area contributed by atoms with Gasteiger partial charge in [-0.1, -0.05) is 81.4 Å². The molecule has 1 N–H and O–H groups in total. The molecule has 5 atom stereocenters. The van der Waals surface area contributed by atoms with Crippen molar-refractivity contribution in [2.75, 3.05) is 20.3 Å². The Balaban J connectivity index is 1.81. The van der Waals surface area contributed by atoms with Gasteiger partial charge >= 0.3 is 0 Å². The van der Waals surface area contributed by atoms with E-state index in [9.17, 15) is 5.11 Å². The fraction of sp³-hybridized carbons (Fsp3) is 0.571. The Labute approximate surface area is 211 Å². The Bertz CT molecular complexity index is 870. The zero-order valence-electron chi connectivity index (χ0n) is 22.0. The van der Waals surface area contributed by atoms with Crippen LogP contribution in [0.15, 0.2) is 60.7 Å². The highest BCUT2D eigenvalue weighted by Crippen LogP contribution is 2.38. The second kappa shape index (κ2) is 12.6. The first-order valence-electron chi connectivity index (χ1n) is 12.4. The summed E-state index contributed by atoms with van der Waals surface area (Å²) in [5.74, 6) is -0.323. The van der Waals surface area contributed by atoms with Crippen molar-refractivity contribution >= 4 is 8.32 Å². The number of ether oxygens (including phenoxy) is 4. The van der Waals surface area contributed by atoms with Gasteiger partial charge in [0.25, 0.3) is 0 Å². The Morgan fingerprint density at radius 3 is 1.83 bits per heavy atom. The highest BCUT2D eigenvalue weighted by Gasteiger charge is 2.48. The van der Waals surface area contributed by atoms with Crippen molar-refractivity contribution in [1.82, 2.24) is 0 Å². The fourth-order valence-corrected chi connectivity index (χ4v) is 4.98. The van der Waals surface area contributed by atoms with E-state index < -0.39 is 26.8 Å². The standard InChI is InChI=1S/C28H42O6Si/c1-28(2,3)35(5,6)33-20-24-23(17-29)25(31-18-21-13-9-7-10-14-21)26(27(30-4)34-24)32-19-22-15-11-8-12-16-22/h7-16,23-27,29H,17-20H2,1-6H3/t23-,24+,25-,26+,27-/m0/s1. The third kappa shape index (κ3) is 7.46. The number of rotatable bonds is 11. The molecular formula is C28H42O6Si. The molecule has 3 rings (SSSR count). The van der Waals surface area contributed by atoms with Gasteiger partial charge in [-0.2, -0.15) is 0 Å². The molecule has 2 aromatic rings. The van der Waals surface area contributed by atoms with Gasteiger partial charge in [-0.3, -0.25) is 0 Å². The van der Waals surface area contributed by atoms with E-state index in [1.54, 1.807) is 7.11 Å². The van der Waals surface area contributed by atoms with Gasteiger partial charge < -0.3 is 28.5 Å². The van der Waals surface area contributed by atoms with Crippen molar-refractivity contribution in [3.63, 3.8) is 0 Å². The molecule has 35 heavy (non-hydrogen) atoms. The summed E-state index contributed by atoms with van der Waals surface area (Å²) in [5.41, 5.74) is 2.11. The highest BCUT2D eigenvalue weighted by molar-refractivity contribution is 6.74. The molecular weight excluding hydrogens is 460 g/mol. The third-order valence-electron chi connectivity index (χ3n) is 7.23. The topological polar surface area (TPSA) is 66.4 Å². The molecule has 2 aromatic carbocycles. The van der Waals surface area contributed by atoms with E-state index in [4.69, 9.17) is 23.4 Å². The van der Waals surface area contributed by atoms with Crippen molar-refractivity contribution < 1.29 is 28.5 Å². The molecule has 1 aliphatic heterocycles. The average Bonchev–Trinajstić information content (AvgIpc) is 2.85. The van der Waals surface area contributed by atoms with Crippen LogP contribution in [0.4, 0.5) is 0 Å². The largest absolute Gasteiger partial charge is 0.414 e. The molecule has 0 saturated carbocycles. The maximum Gasteiger partial charge on any atom is 0.192 e. The first-order valence-corrected chi connectivity index (χ1v) is 15.3. The minimum atomic E-state index is -2.01. The van der Waals surface area contributed by atoms with Crippen molar-refractivity contribution in [2.45, 2.75) is 76.7 Å². The number of hydrogen-bond donors (Lipinski definition) is 1. The van der Waals surface area contributed by atoms with Crippen LogP contribution >= 0.6 is 0 Å². The molecule has 1 aliphatic rings. The predicted octanol–water partition coefficient (Wildman–Crippen LogP) is 5.16. The van der Waals surface area contributed by atoms with Crippen LogP contribution in [0.25, 0.3) is 0 Å². The Morgan fingerprint density at radius 1 is 0.857 bits per heavy atom. The van der Waals surface area contributed by atoms with Crippen LogP contribution in [0.1, 0.15) is 31.9 Å². The summed E-state index contributed by atoms with van der Waals surface area (Å²) in [6.07, 6.45) is -1.97. The summed E-state index contributed by atoms with van der Waals surface area (Å²) in [7, 11) is -0.393. The van der Waals surface area contributed by atoms with Crippen LogP contribution < -0.4 is 0 Å². The first-order chi connectivity index (χ1) is 16.7. The number of aliphatic hydroxyl groups is 1. The van der Waals surface area contributed by atoms with Crippen molar-refractivity contribution in [3.8, 4) is 0 Å². The maximum atomic E-state index is 10.5. The molecule has 194 valence electrons. The number of benzene rings is 2. The first kappa shape index (κ1) is 28.0. The van der Waals surface area contributed by atoms with Crippen LogP contribution in [0.5, 0.6) is 0 Å². The summed E-state index contributed by atoms with van der Waals surface area (Å²) in [6, 6.07) is 20.0. The minimum absolute atomic E-state index is 0.0710. The number of methoxy groups -OCH3 is 1. The zero-order chi connectivity index (χ0) is 25.5. The summed E-state index contributed by atoms with van der Waals surface area (Å²) >= 11 is 0. The van der Waals surface area contributed by atoms with Gasteiger partial charge in [0.15, 0.2) is 14.6 Å². The minimum Gasteiger partial charge on any atom is -0.414 e. The van der Waals surface area contributed by atoms with Crippen LogP contribution in [0.3, 0.4) is 0 Å². The Kier molecular flexibility index (Phi) is 10.1. The normalized spacial score (nSPS) is 25.5. The SMILES string of the molecule is CO[C@H]1O[C@H](CO[Si](C)(C)C(C)(C)C)[C@H](CO)[C@H](OCc2ccccc2)[C@H]1OCc1ccccc1. The monoisotopic (exact) mass is 502 g/mol.